The largest absolute Gasteiger partial charge is 0.495 e. The van der Waals surface area contributed by atoms with Gasteiger partial charge in [-0.1, -0.05) is 41.9 Å². The number of hydrogen-bond acceptors (Lipinski definition) is 4. The molecule has 0 bridgehead atoms. The Bertz CT molecular complexity index is 899. The molecule has 2 aromatic carbocycles. The van der Waals surface area contributed by atoms with Crippen molar-refractivity contribution >= 4 is 29.0 Å². The molecule has 5 nitrogen and oxygen atoms in total. The number of ether oxygens (including phenoxy) is 1. The first kappa shape index (κ1) is 18.7. The van der Waals surface area contributed by atoms with Gasteiger partial charge in [0.25, 0.3) is 5.91 Å². The summed E-state index contributed by atoms with van der Waals surface area (Å²) < 4.78 is 5.10. The molecule has 1 heterocycles. The molecule has 2 N–H and O–H groups in total. The summed E-state index contributed by atoms with van der Waals surface area (Å²) in [4.78, 5) is 16.6. The molecule has 0 saturated heterocycles. The molecule has 0 fully saturated rings. The van der Waals surface area contributed by atoms with Crippen LogP contribution in [-0.2, 0) is 6.42 Å². The molecule has 138 valence electrons. The molecule has 0 aliphatic heterocycles. The second-order valence-corrected chi connectivity index (χ2v) is 6.31. The van der Waals surface area contributed by atoms with Crippen LogP contribution in [0.25, 0.3) is 0 Å². The fourth-order valence-corrected chi connectivity index (χ4v) is 2.82. The van der Waals surface area contributed by atoms with Crippen LogP contribution in [0.2, 0.25) is 5.02 Å². The monoisotopic (exact) mass is 381 g/mol. The van der Waals surface area contributed by atoms with Gasteiger partial charge in [-0.25, -0.2) is 4.98 Å². The second kappa shape index (κ2) is 9.05. The summed E-state index contributed by atoms with van der Waals surface area (Å²) >= 11 is 6.08. The molecule has 0 saturated carbocycles. The van der Waals surface area contributed by atoms with Gasteiger partial charge in [0.05, 0.1) is 17.7 Å². The zero-order chi connectivity index (χ0) is 19.1. The standard InChI is InChI=1S/C21H20ClN3O2/c1-27-19-9-8-17(13-18(19)22)25-21(26)16-7-10-20(24-14-16)23-12-11-15-5-3-2-4-6-15/h2-10,13-14H,11-12H2,1H3,(H,23,24)(H,25,26). The van der Waals surface area contributed by atoms with Gasteiger partial charge in [-0.05, 0) is 42.3 Å². The number of anilines is 2. The highest BCUT2D eigenvalue weighted by Crippen LogP contribution is 2.27. The third-order valence-electron chi connectivity index (χ3n) is 4.00. The molecule has 1 aromatic heterocycles. The molecule has 0 unspecified atom stereocenters. The lowest BCUT2D eigenvalue weighted by Gasteiger charge is -2.09. The number of amides is 1. The molecule has 0 aliphatic carbocycles. The van der Waals surface area contributed by atoms with Crippen LogP contribution in [0.15, 0.2) is 66.9 Å². The summed E-state index contributed by atoms with van der Waals surface area (Å²) in [5.41, 5.74) is 2.32. The number of methoxy groups -OCH3 is 1. The van der Waals surface area contributed by atoms with Crippen LogP contribution >= 0.6 is 11.6 Å². The third kappa shape index (κ3) is 5.21. The van der Waals surface area contributed by atoms with Crippen molar-refractivity contribution in [1.29, 1.82) is 0 Å². The number of pyridine rings is 1. The minimum absolute atomic E-state index is 0.250. The van der Waals surface area contributed by atoms with Gasteiger partial charge in [-0.3, -0.25) is 4.79 Å². The van der Waals surface area contributed by atoms with Crippen molar-refractivity contribution in [2.75, 3.05) is 24.3 Å². The van der Waals surface area contributed by atoms with Crippen LogP contribution in [0.3, 0.4) is 0 Å². The summed E-state index contributed by atoms with van der Waals surface area (Å²) in [6.45, 7) is 0.771. The first-order valence-corrected chi connectivity index (χ1v) is 8.92. The molecule has 0 radical (unpaired) electrons. The van der Waals surface area contributed by atoms with E-state index in [2.05, 4.69) is 27.8 Å². The summed E-state index contributed by atoms with van der Waals surface area (Å²) in [5, 5.41) is 6.49. The van der Waals surface area contributed by atoms with Gasteiger partial charge < -0.3 is 15.4 Å². The molecule has 27 heavy (non-hydrogen) atoms. The SMILES string of the molecule is COc1ccc(NC(=O)c2ccc(NCCc3ccccc3)nc2)cc1Cl. The van der Waals surface area contributed by atoms with Crippen molar-refractivity contribution in [1.82, 2.24) is 4.98 Å². The van der Waals surface area contributed by atoms with Crippen LogP contribution < -0.4 is 15.4 Å². The molecule has 6 heteroatoms. The van der Waals surface area contributed by atoms with Crippen LogP contribution in [-0.4, -0.2) is 24.5 Å². The summed E-state index contributed by atoms with van der Waals surface area (Å²) in [5.74, 6) is 1.04. The zero-order valence-electron chi connectivity index (χ0n) is 14.9. The van der Waals surface area contributed by atoms with Crippen molar-refractivity contribution in [3.8, 4) is 5.75 Å². The van der Waals surface area contributed by atoms with Crippen molar-refractivity contribution in [2.24, 2.45) is 0 Å². The van der Waals surface area contributed by atoms with Gasteiger partial charge in [0.15, 0.2) is 0 Å². The number of benzene rings is 2. The Morgan fingerprint density at radius 3 is 2.59 bits per heavy atom. The average Bonchev–Trinajstić information content (AvgIpc) is 2.69. The number of hydrogen-bond donors (Lipinski definition) is 2. The third-order valence-corrected chi connectivity index (χ3v) is 4.29. The quantitative estimate of drug-likeness (QED) is 0.625. The maximum Gasteiger partial charge on any atom is 0.257 e. The van der Waals surface area contributed by atoms with E-state index in [0.29, 0.717) is 22.0 Å². The zero-order valence-corrected chi connectivity index (χ0v) is 15.7. The smallest absolute Gasteiger partial charge is 0.257 e. The Morgan fingerprint density at radius 2 is 1.93 bits per heavy atom. The predicted octanol–water partition coefficient (Wildman–Crippen LogP) is 4.65. The molecule has 0 spiro atoms. The Hall–Kier alpha value is -3.05. The van der Waals surface area contributed by atoms with Gasteiger partial charge >= 0.3 is 0 Å². The summed E-state index contributed by atoms with van der Waals surface area (Å²) in [6.07, 6.45) is 2.45. The van der Waals surface area contributed by atoms with Crippen LogP contribution in [0.4, 0.5) is 11.5 Å². The molecular formula is C21H20ClN3O2. The fraction of sp³-hybridized carbons (Fsp3) is 0.143. The summed E-state index contributed by atoms with van der Waals surface area (Å²) in [6, 6.07) is 18.8. The number of carbonyl (C=O) groups excluding carboxylic acids is 1. The molecule has 3 rings (SSSR count). The average molecular weight is 382 g/mol. The van der Waals surface area contributed by atoms with E-state index >= 15 is 0 Å². The van der Waals surface area contributed by atoms with Crippen molar-refractivity contribution in [2.45, 2.75) is 6.42 Å². The van der Waals surface area contributed by atoms with E-state index < -0.39 is 0 Å². The van der Waals surface area contributed by atoms with E-state index in [9.17, 15) is 4.79 Å². The van der Waals surface area contributed by atoms with E-state index in [-0.39, 0.29) is 5.91 Å². The Morgan fingerprint density at radius 1 is 1.11 bits per heavy atom. The van der Waals surface area contributed by atoms with E-state index in [1.54, 1.807) is 43.6 Å². The highest BCUT2D eigenvalue weighted by atomic mass is 35.5. The second-order valence-electron chi connectivity index (χ2n) is 5.90. The van der Waals surface area contributed by atoms with E-state index in [0.717, 1.165) is 18.8 Å². The lowest BCUT2D eigenvalue weighted by Crippen LogP contribution is -2.13. The van der Waals surface area contributed by atoms with Gasteiger partial charge in [-0.2, -0.15) is 0 Å². The minimum Gasteiger partial charge on any atom is -0.495 e. The maximum atomic E-state index is 12.3. The highest BCUT2D eigenvalue weighted by Gasteiger charge is 2.09. The topological polar surface area (TPSA) is 63.2 Å². The maximum absolute atomic E-state index is 12.3. The molecule has 0 aliphatic rings. The Labute approximate surface area is 163 Å². The number of aromatic nitrogens is 1. The number of halogens is 1. The Balaban J connectivity index is 1.54. The van der Waals surface area contributed by atoms with Crippen LogP contribution in [0.1, 0.15) is 15.9 Å². The lowest BCUT2D eigenvalue weighted by molar-refractivity contribution is 0.102. The fourth-order valence-electron chi connectivity index (χ4n) is 2.56. The van der Waals surface area contributed by atoms with Gasteiger partial charge in [0, 0.05) is 18.4 Å². The van der Waals surface area contributed by atoms with Crippen molar-refractivity contribution in [3.63, 3.8) is 0 Å². The van der Waals surface area contributed by atoms with E-state index in [1.165, 1.54) is 5.56 Å². The first-order valence-electron chi connectivity index (χ1n) is 8.54. The van der Waals surface area contributed by atoms with Gasteiger partial charge in [0.2, 0.25) is 0 Å². The Kier molecular flexibility index (Phi) is 6.28. The normalized spacial score (nSPS) is 10.3. The van der Waals surface area contributed by atoms with Gasteiger partial charge in [0.1, 0.15) is 11.6 Å². The molecule has 1 amide bonds. The predicted molar refractivity (Wildman–Crippen MR) is 109 cm³/mol. The number of rotatable bonds is 7. The van der Waals surface area contributed by atoms with Gasteiger partial charge in [-0.15, -0.1) is 0 Å². The number of nitrogens with one attached hydrogen (secondary N) is 2. The molecule has 0 atom stereocenters. The van der Waals surface area contributed by atoms with Crippen LogP contribution in [0, 0.1) is 0 Å². The number of carbonyl (C=O) groups is 1. The van der Waals surface area contributed by atoms with E-state index in [4.69, 9.17) is 16.3 Å². The van der Waals surface area contributed by atoms with E-state index in [1.807, 2.05) is 18.2 Å². The molecule has 3 aromatic rings. The number of nitrogens with zero attached hydrogens (tertiary/aromatic N) is 1. The molecular weight excluding hydrogens is 362 g/mol. The van der Waals surface area contributed by atoms with Crippen molar-refractivity contribution in [3.05, 3.63) is 83.0 Å². The first-order chi connectivity index (χ1) is 13.2. The van der Waals surface area contributed by atoms with Crippen molar-refractivity contribution < 1.29 is 9.53 Å². The lowest BCUT2D eigenvalue weighted by atomic mass is 10.1. The highest BCUT2D eigenvalue weighted by molar-refractivity contribution is 6.32. The van der Waals surface area contributed by atoms with Crippen LogP contribution in [0.5, 0.6) is 5.75 Å². The summed E-state index contributed by atoms with van der Waals surface area (Å²) in [7, 11) is 1.54. The minimum atomic E-state index is -0.250.